The molecule has 0 aromatic heterocycles. The fourth-order valence-corrected chi connectivity index (χ4v) is 6.89. The van der Waals surface area contributed by atoms with Crippen molar-refractivity contribution in [3.8, 4) is 11.8 Å². The molecule has 6 nitrogen and oxygen atoms in total. The van der Waals surface area contributed by atoms with E-state index >= 15 is 0 Å². The third-order valence-corrected chi connectivity index (χ3v) is 7.40. The number of ether oxygens (including phenoxy) is 2. The van der Waals surface area contributed by atoms with Gasteiger partial charge in [-0.2, -0.15) is 5.26 Å². The number of nitriles is 1. The summed E-state index contributed by atoms with van der Waals surface area (Å²) in [6, 6.07) is 9.19. The van der Waals surface area contributed by atoms with E-state index in [1.165, 1.54) is 4.90 Å². The summed E-state index contributed by atoms with van der Waals surface area (Å²) in [6.45, 7) is 2.37. The molecule has 1 amide bonds. The van der Waals surface area contributed by atoms with Gasteiger partial charge >= 0.3 is 5.97 Å². The van der Waals surface area contributed by atoms with Gasteiger partial charge in [0.1, 0.15) is 5.75 Å². The van der Waals surface area contributed by atoms with E-state index in [1.54, 1.807) is 24.3 Å². The first-order valence-electron chi connectivity index (χ1n) is 11.1. The lowest BCUT2D eigenvalue weighted by Crippen LogP contribution is -2.56. The van der Waals surface area contributed by atoms with Crippen molar-refractivity contribution in [1.82, 2.24) is 0 Å². The molecule has 0 N–H and O–H groups in total. The number of halogens is 1. The van der Waals surface area contributed by atoms with Gasteiger partial charge in [-0.15, -0.1) is 11.6 Å². The summed E-state index contributed by atoms with van der Waals surface area (Å²) in [5.74, 6) is 1.06. The first-order valence-corrected chi connectivity index (χ1v) is 11.5. The zero-order valence-electron chi connectivity index (χ0n) is 17.9. The van der Waals surface area contributed by atoms with Crippen LogP contribution in [0.4, 0.5) is 5.69 Å². The molecule has 0 aliphatic heterocycles. The lowest BCUT2D eigenvalue weighted by atomic mass is 9.49. The Morgan fingerprint density at radius 3 is 2.45 bits per heavy atom. The number of alkyl halides is 1. The minimum atomic E-state index is -0.539. The van der Waals surface area contributed by atoms with Gasteiger partial charge < -0.3 is 14.4 Å². The van der Waals surface area contributed by atoms with Crippen LogP contribution < -0.4 is 9.64 Å². The molecule has 4 atom stereocenters. The summed E-state index contributed by atoms with van der Waals surface area (Å²) in [5, 5.41) is 8.99. The van der Waals surface area contributed by atoms with Gasteiger partial charge in [-0.1, -0.05) is 0 Å². The van der Waals surface area contributed by atoms with Gasteiger partial charge in [0.15, 0.2) is 6.61 Å². The number of rotatable bonds is 8. The van der Waals surface area contributed by atoms with Crippen LogP contribution in [0.15, 0.2) is 24.3 Å². The maximum Gasteiger partial charge on any atom is 0.312 e. The number of hydrogen-bond donors (Lipinski definition) is 0. The Morgan fingerprint density at radius 1 is 1.19 bits per heavy atom. The van der Waals surface area contributed by atoms with Crippen molar-refractivity contribution in [1.29, 1.82) is 5.26 Å². The minimum absolute atomic E-state index is 0.189. The van der Waals surface area contributed by atoms with Gasteiger partial charge in [-0.3, -0.25) is 9.59 Å². The van der Waals surface area contributed by atoms with Crippen LogP contribution in [0.1, 0.15) is 51.9 Å². The van der Waals surface area contributed by atoms with E-state index in [4.69, 9.17) is 26.3 Å². The number of anilines is 1. The summed E-state index contributed by atoms with van der Waals surface area (Å²) in [7, 11) is 0. The molecule has 1 aromatic carbocycles. The standard InChI is InChI=1S/C24H29ClN2O4/c1-2-30-20-6-4-19(5-7-20)27(9-3-8-26)21(28)15-31-22(29)23-11-17-10-18(12-23)14-24(25,13-17)16-23/h4-7,17-18H,2-3,9-16H2,1H3/t17-,18+,23?,24?. The van der Waals surface area contributed by atoms with E-state index in [2.05, 4.69) is 6.07 Å². The summed E-state index contributed by atoms with van der Waals surface area (Å²) in [6.07, 6.45) is 5.61. The molecule has 4 saturated carbocycles. The van der Waals surface area contributed by atoms with Crippen LogP contribution in [0.25, 0.3) is 0 Å². The van der Waals surface area contributed by atoms with Crippen molar-refractivity contribution in [3.63, 3.8) is 0 Å². The third-order valence-electron chi connectivity index (χ3n) is 6.96. The Bertz CT molecular complexity index is 865. The Hall–Kier alpha value is -2.26. The first kappa shape index (κ1) is 22.0. The molecule has 0 spiro atoms. The average Bonchev–Trinajstić information content (AvgIpc) is 2.71. The number of esters is 1. The van der Waals surface area contributed by atoms with Crippen molar-refractivity contribution in [2.24, 2.45) is 17.3 Å². The van der Waals surface area contributed by atoms with Gasteiger partial charge in [0.05, 0.1) is 24.5 Å². The number of amides is 1. The van der Waals surface area contributed by atoms with Crippen LogP contribution in [0.3, 0.4) is 0 Å². The van der Waals surface area contributed by atoms with Gasteiger partial charge in [0.2, 0.25) is 0 Å². The third kappa shape index (κ3) is 4.52. The lowest BCUT2D eigenvalue weighted by molar-refractivity contribution is -0.171. The fourth-order valence-electron chi connectivity index (χ4n) is 6.20. The largest absolute Gasteiger partial charge is 0.494 e. The molecule has 1 aromatic rings. The molecule has 0 heterocycles. The molecule has 31 heavy (non-hydrogen) atoms. The molecule has 2 unspecified atom stereocenters. The smallest absolute Gasteiger partial charge is 0.312 e. The number of carbonyl (C=O) groups is 2. The summed E-state index contributed by atoms with van der Waals surface area (Å²) >= 11 is 6.83. The lowest BCUT2D eigenvalue weighted by Gasteiger charge is -2.58. The zero-order chi connectivity index (χ0) is 22.1. The molecule has 0 saturated heterocycles. The molecular formula is C24H29ClN2O4. The summed E-state index contributed by atoms with van der Waals surface area (Å²) in [5.41, 5.74) is 0.109. The highest BCUT2D eigenvalue weighted by Gasteiger charge is 2.60. The second-order valence-corrected chi connectivity index (χ2v) is 10.2. The highest BCUT2D eigenvalue weighted by atomic mass is 35.5. The average molecular weight is 445 g/mol. The van der Waals surface area contributed by atoms with Crippen molar-refractivity contribution in [2.45, 2.75) is 56.7 Å². The summed E-state index contributed by atoms with van der Waals surface area (Å²) < 4.78 is 11.0. The Kier molecular flexibility index (Phi) is 6.16. The SMILES string of the molecule is CCOc1ccc(N(CCC#N)C(=O)COC(=O)C23C[C@@H]4C[C@@H](CC(Cl)(C4)C2)C3)cc1. The molecule has 4 fully saturated rings. The van der Waals surface area contributed by atoms with E-state index in [0.29, 0.717) is 36.3 Å². The predicted octanol–water partition coefficient (Wildman–Crippen LogP) is 4.45. The number of nitrogens with zero attached hydrogens (tertiary/aromatic N) is 2. The fraction of sp³-hybridized carbons (Fsp3) is 0.625. The molecule has 166 valence electrons. The normalized spacial score (nSPS) is 30.5. The number of hydrogen-bond acceptors (Lipinski definition) is 5. The van der Waals surface area contributed by atoms with Crippen LogP contribution in [-0.4, -0.2) is 36.5 Å². The maximum atomic E-state index is 13.1. The van der Waals surface area contributed by atoms with E-state index in [9.17, 15) is 9.59 Å². The van der Waals surface area contributed by atoms with Crippen LogP contribution in [-0.2, 0) is 14.3 Å². The van der Waals surface area contributed by atoms with E-state index in [1.807, 2.05) is 6.92 Å². The zero-order valence-corrected chi connectivity index (χ0v) is 18.7. The van der Waals surface area contributed by atoms with Crippen LogP contribution in [0.2, 0.25) is 0 Å². The minimum Gasteiger partial charge on any atom is -0.494 e. The Morgan fingerprint density at radius 2 is 1.87 bits per heavy atom. The highest BCUT2D eigenvalue weighted by molar-refractivity contribution is 6.24. The van der Waals surface area contributed by atoms with Gasteiger partial charge in [-0.05, 0) is 81.5 Å². The van der Waals surface area contributed by atoms with E-state index < -0.39 is 5.41 Å². The topological polar surface area (TPSA) is 79.6 Å². The number of carbonyl (C=O) groups excluding carboxylic acids is 2. The highest BCUT2D eigenvalue weighted by Crippen LogP contribution is 2.64. The molecule has 5 rings (SSSR count). The first-order chi connectivity index (χ1) is 14.9. The van der Waals surface area contributed by atoms with Gasteiger partial charge in [0.25, 0.3) is 5.91 Å². The molecule has 0 radical (unpaired) electrons. The van der Waals surface area contributed by atoms with Crippen LogP contribution in [0.5, 0.6) is 5.75 Å². The molecule has 4 bridgehead atoms. The van der Waals surface area contributed by atoms with Gasteiger partial charge in [-0.25, -0.2) is 0 Å². The Labute approximate surface area is 188 Å². The van der Waals surface area contributed by atoms with Crippen LogP contribution in [0, 0.1) is 28.6 Å². The summed E-state index contributed by atoms with van der Waals surface area (Å²) in [4.78, 5) is 27.3. The quantitative estimate of drug-likeness (QED) is 0.437. The molecule has 4 aliphatic rings. The Balaban J connectivity index is 1.42. The van der Waals surface area contributed by atoms with E-state index in [-0.39, 0.29) is 36.3 Å². The molecule has 4 aliphatic carbocycles. The maximum absolute atomic E-state index is 13.1. The second-order valence-electron chi connectivity index (χ2n) is 9.35. The van der Waals surface area contributed by atoms with Crippen LogP contribution >= 0.6 is 11.6 Å². The van der Waals surface area contributed by atoms with Crippen molar-refractivity contribution < 1.29 is 19.1 Å². The van der Waals surface area contributed by atoms with Crippen molar-refractivity contribution >= 4 is 29.2 Å². The molecule has 7 heteroatoms. The second kappa shape index (κ2) is 8.70. The monoisotopic (exact) mass is 444 g/mol. The predicted molar refractivity (Wildman–Crippen MR) is 117 cm³/mol. The van der Waals surface area contributed by atoms with Crippen molar-refractivity contribution in [3.05, 3.63) is 24.3 Å². The van der Waals surface area contributed by atoms with E-state index in [0.717, 1.165) is 32.1 Å². The van der Waals surface area contributed by atoms with Crippen molar-refractivity contribution in [2.75, 3.05) is 24.7 Å². The van der Waals surface area contributed by atoms with Gasteiger partial charge in [0, 0.05) is 17.1 Å². The molecular weight excluding hydrogens is 416 g/mol. The number of benzene rings is 1.